The van der Waals surface area contributed by atoms with E-state index in [1.807, 2.05) is 7.85 Å². The van der Waals surface area contributed by atoms with Gasteiger partial charge in [0.05, 0.1) is 0 Å². The van der Waals surface area contributed by atoms with Gasteiger partial charge in [-0.2, -0.15) is 0 Å². The molecule has 0 heterocycles. The van der Waals surface area contributed by atoms with E-state index in [-0.39, 0.29) is 16.7 Å². The lowest BCUT2D eigenvalue weighted by molar-refractivity contribution is -0.138. The Hall–Kier alpha value is -0.180. The molecule has 9 heteroatoms. The van der Waals surface area contributed by atoms with Crippen LogP contribution in [0.4, 0.5) is 0 Å². The third-order valence-corrected chi connectivity index (χ3v) is 4.56. The summed E-state index contributed by atoms with van der Waals surface area (Å²) < 4.78 is 0. The molecule has 1 N–H and O–H groups in total. The Bertz CT molecular complexity index is 301. The van der Waals surface area contributed by atoms with E-state index >= 15 is 0 Å². The molecule has 0 fully saturated rings. The van der Waals surface area contributed by atoms with Gasteiger partial charge in [0.1, 0.15) is 39.2 Å². The van der Waals surface area contributed by atoms with Gasteiger partial charge in [-0.25, -0.2) is 0 Å². The topological polar surface area (TPSA) is 40.5 Å². The van der Waals surface area contributed by atoms with Crippen LogP contribution in [0.5, 0.6) is 0 Å². The van der Waals surface area contributed by atoms with Crippen LogP contribution >= 0.6 is 0 Å². The maximum atomic E-state index is 11.4. The van der Waals surface area contributed by atoms with E-state index in [4.69, 9.17) is 0 Å². The number of nitrogens with zero attached hydrogens (tertiary/aromatic N) is 1. The highest BCUT2D eigenvalue weighted by Crippen LogP contribution is 2.40. The highest BCUT2D eigenvalue weighted by atomic mass is 16.4. The van der Waals surface area contributed by atoms with E-state index in [0.717, 1.165) is 0 Å². The maximum absolute atomic E-state index is 11.4. The van der Waals surface area contributed by atoms with Crippen molar-refractivity contribution in [1.29, 1.82) is 0 Å². The van der Waals surface area contributed by atoms with Crippen LogP contribution in [0.2, 0.25) is 11.0 Å². The lowest BCUT2D eigenvalue weighted by Gasteiger charge is -2.53. The third-order valence-electron chi connectivity index (χ3n) is 4.56. The minimum absolute atomic E-state index is 0.0202. The maximum Gasteiger partial charge on any atom is 0.293 e. The fraction of sp³-hybridized carbons (Fsp3) is 0.875. The van der Waals surface area contributed by atoms with E-state index in [2.05, 4.69) is 49.3 Å². The smallest absolute Gasteiger partial charge is 0.293 e. The molecule has 0 amide bonds. The van der Waals surface area contributed by atoms with Crippen LogP contribution in [-0.4, -0.2) is 74.0 Å². The number of rotatable bonds is 4. The van der Waals surface area contributed by atoms with Gasteiger partial charge in [-0.15, -0.1) is 0 Å². The molecule has 0 aliphatic carbocycles. The van der Waals surface area contributed by atoms with Gasteiger partial charge in [-0.3, -0.25) is 4.79 Å². The number of carboxylic acid groups (broad SMARTS) is 1. The van der Waals surface area contributed by atoms with E-state index in [1.54, 1.807) is 15.7 Å². The number of hydrogen-bond acceptors (Lipinski definition) is 2. The molecule has 0 spiro atoms. The summed E-state index contributed by atoms with van der Waals surface area (Å²) in [6.45, 7) is 6.44. The number of aliphatic carboxylic acids is 1. The number of carboxylic acids is 1. The van der Waals surface area contributed by atoms with E-state index in [1.165, 1.54) is 0 Å². The first-order chi connectivity index (χ1) is 7.25. The first kappa shape index (κ1) is 16.8. The minimum atomic E-state index is -0.736. The Morgan fingerprint density at radius 2 is 1.53 bits per heavy atom. The molecule has 1 atom stereocenters. The summed E-state index contributed by atoms with van der Waals surface area (Å²) in [5.41, 5.74) is 0.0202. The van der Waals surface area contributed by atoms with Crippen LogP contribution in [-0.2, 0) is 4.79 Å². The Morgan fingerprint density at radius 3 is 1.76 bits per heavy atom. The van der Waals surface area contributed by atoms with E-state index < -0.39 is 11.2 Å². The predicted molar refractivity (Wildman–Crippen MR) is 89.7 cm³/mol. The monoisotopic (exact) mass is 231 g/mol. The van der Waals surface area contributed by atoms with Crippen molar-refractivity contribution in [3.8, 4) is 0 Å². The molecule has 0 rings (SSSR count). The molecule has 0 radical (unpaired) electrons. The summed E-state index contributed by atoms with van der Waals surface area (Å²) in [4.78, 5) is 13.6. The molecule has 0 aliphatic rings. The zero-order chi connectivity index (χ0) is 14.2. The van der Waals surface area contributed by atoms with Crippen LogP contribution in [0, 0.1) is 0 Å². The molecule has 0 bridgehead atoms. The highest BCUT2D eigenvalue weighted by molar-refractivity contribution is 6.57. The second-order valence-electron chi connectivity index (χ2n) is 7.13. The van der Waals surface area contributed by atoms with Crippen LogP contribution in [0.25, 0.3) is 0 Å². The SMILES string of the molecule is BC(C(B)(B)C(=O)O)C(B)(B)N(B)C(C)(C)C. The Balaban J connectivity index is 5.27. The molecular formula is C8H23B6NO2. The fourth-order valence-electron chi connectivity index (χ4n) is 2.22. The molecule has 1 unspecified atom stereocenters. The van der Waals surface area contributed by atoms with Gasteiger partial charge in [0, 0.05) is 10.8 Å². The second kappa shape index (κ2) is 4.83. The summed E-state index contributed by atoms with van der Waals surface area (Å²) in [5, 5.41) is 8.43. The first-order valence-electron chi connectivity index (χ1n) is 6.23. The van der Waals surface area contributed by atoms with Gasteiger partial charge < -0.3 is 9.92 Å². The van der Waals surface area contributed by atoms with Gasteiger partial charge in [0.15, 0.2) is 7.98 Å². The average molecular weight is 230 g/mol. The fourth-order valence-corrected chi connectivity index (χ4v) is 2.22. The highest BCUT2D eigenvalue weighted by Gasteiger charge is 2.45. The molecule has 3 nitrogen and oxygen atoms in total. The van der Waals surface area contributed by atoms with Crippen molar-refractivity contribution in [3.63, 3.8) is 0 Å². The van der Waals surface area contributed by atoms with Crippen LogP contribution in [0.1, 0.15) is 20.8 Å². The molecule has 0 aromatic rings. The molecule has 17 heavy (non-hydrogen) atoms. The van der Waals surface area contributed by atoms with Crippen LogP contribution in [0.3, 0.4) is 0 Å². The normalized spacial score (nSPS) is 15.8. The van der Waals surface area contributed by atoms with Gasteiger partial charge in [-0.1, -0.05) is 11.2 Å². The van der Waals surface area contributed by atoms with Crippen LogP contribution in [0.15, 0.2) is 0 Å². The first-order valence-corrected chi connectivity index (χ1v) is 6.23. The van der Waals surface area contributed by atoms with E-state index in [9.17, 15) is 9.90 Å². The lowest BCUT2D eigenvalue weighted by atomic mass is 9.32. The van der Waals surface area contributed by atoms with Crippen molar-refractivity contribution in [2.24, 2.45) is 0 Å². The molecule has 0 saturated carbocycles. The predicted octanol–water partition coefficient (Wildman–Crippen LogP) is -4.56. The quantitative estimate of drug-likeness (QED) is 0.494. The minimum Gasteiger partial charge on any atom is -0.482 e. The molecule has 0 saturated heterocycles. The number of hydrogen-bond donors (Lipinski definition) is 1. The summed E-state index contributed by atoms with van der Waals surface area (Å²) in [7, 11) is 11.9. The molecule has 90 valence electrons. The van der Waals surface area contributed by atoms with Crippen molar-refractivity contribution in [3.05, 3.63) is 0 Å². The summed E-state index contributed by atoms with van der Waals surface area (Å²) in [6.07, 6.45) is 0. The second-order valence-corrected chi connectivity index (χ2v) is 7.13. The van der Waals surface area contributed by atoms with Crippen molar-refractivity contribution in [2.45, 2.75) is 42.7 Å². The zero-order valence-corrected chi connectivity index (χ0v) is 12.9. The largest absolute Gasteiger partial charge is 0.482 e. The van der Waals surface area contributed by atoms with Gasteiger partial charge in [0.25, 0.3) is 5.97 Å². The summed E-state index contributed by atoms with van der Waals surface area (Å²) in [5.74, 6) is -0.697. The lowest BCUT2D eigenvalue weighted by Crippen LogP contribution is -2.62. The van der Waals surface area contributed by atoms with Crippen molar-refractivity contribution in [1.82, 2.24) is 4.81 Å². The van der Waals surface area contributed by atoms with Gasteiger partial charge in [0.2, 0.25) is 0 Å². The average Bonchev–Trinajstić information content (AvgIpc) is 2.13. The van der Waals surface area contributed by atoms with Crippen molar-refractivity contribution >= 4 is 53.2 Å². The summed E-state index contributed by atoms with van der Waals surface area (Å²) in [6, 6.07) is 0. The Kier molecular flexibility index (Phi) is 4.78. The van der Waals surface area contributed by atoms with E-state index in [0.29, 0.717) is 0 Å². The molecular weight excluding hydrogens is 207 g/mol. The van der Waals surface area contributed by atoms with Crippen LogP contribution < -0.4 is 0 Å². The third kappa shape index (κ3) is 3.40. The molecule has 0 aromatic heterocycles. The van der Waals surface area contributed by atoms with Gasteiger partial charge in [-0.05, 0) is 20.8 Å². The summed E-state index contributed by atoms with van der Waals surface area (Å²) >= 11 is 0. The number of carbonyl (C=O) groups is 1. The van der Waals surface area contributed by atoms with Crippen molar-refractivity contribution < 1.29 is 9.90 Å². The van der Waals surface area contributed by atoms with Crippen molar-refractivity contribution in [2.75, 3.05) is 0 Å². The zero-order valence-electron chi connectivity index (χ0n) is 12.9. The standard InChI is InChI=1S/C8H23B6NO2/c1-6(2,3)15(14)8(12,13)4(9)7(10,11)5(16)17/h4H,9-14H2,1-3H3,(H,16,17). The van der Waals surface area contributed by atoms with Gasteiger partial charge >= 0.3 is 0 Å². The molecule has 0 aliphatic heterocycles. The Labute approximate surface area is 111 Å². The molecule has 0 aromatic carbocycles. The Morgan fingerprint density at radius 1 is 1.18 bits per heavy atom.